The molecule has 0 radical (unpaired) electrons. The summed E-state index contributed by atoms with van der Waals surface area (Å²) in [7, 11) is 2.11. The van der Waals surface area contributed by atoms with Gasteiger partial charge in [0.05, 0.1) is 6.04 Å². The number of hydrogen-bond acceptors (Lipinski definition) is 3. The molecule has 0 aromatic carbocycles. The third-order valence-electron chi connectivity index (χ3n) is 4.58. The van der Waals surface area contributed by atoms with Crippen molar-refractivity contribution >= 4 is 5.91 Å². The minimum absolute atomic E-state index is 0.200. The van der Waals surface area contributed by atoms with Gasteiger partial charge in [0.25, 0.3) is 0 Å². The zero-order valence-corrected chi connectivity index (χ0v) is 13.1. The first-order valence-corrected chi connectivity index (χ1v) is 7.82. The molecule has 2 fully saturated rings. The lowest BCUT2D eigenvalue weighted by molar-refractivity contribution is -0.138. The Morgan fingerprint density at radius 3 is 2.57 bits per heavy atom. The van der Waals surface area contributed by atoms with Crippen LogP contribution in [-0.2, 0) is 4.79 Å². The van der Waals surface area contributed by atoms with E-state index in [9.17, 15) is 4.79 Å². The van der Waals surface area contributed by atoms with Gasteiger partial charge in [-0.2, -0.15) is 0 Å². The molecule has 0 aliphatic carbocycles. The average Bonchev–Trinajstić information content (AvgIpc) is 2.53. The second-order valence-corrected chi connectivity index (χ2v) is 5.91. The lowest BCUT2D eigenvalue weighted by Gasteiger charge is -2.41. The quantitative estimate of drug-likeness (QED) is 0.795. The topological polar surface area (TPSA) is 35.6 Å². The SMILES string of the molecule is C=C/C=C(\C=C)C1CN(C(=O)C2CCNCC2)CCN1C. The van der Waals surface area contributed by atoms with Gasteiger partial charge in [-0.15, -0.1) is 0 Å². The highest BCUT2D eigenvalue weighted by Gasteiger charge is 2.32. The van der Waals surface area contributed by atoms with Crippen molar-refractivity contribution in [3.05, 3.63) is 37.0 Å². The number of amides is 1. The van der Waals surface area contributed by atoms with E-state index < -0.39 is 0 Å². The van der Waals surface area contributed by atoms with Crippen LogP contribution in [-0.4, -0.2) is 61.5 Å². The number of hydrogen-bond donors (Lipinski definition) is 1. The summed E-state index contributed by atoms with van der Waals surface area (Å²) >= 11 is 0. The Labute approximate surface area is 128 Å². The predicted molar refractivity (Wildman–Crippen MR) is 87.1 cm³/mol. The highest BCUT2D eigenvalue weighted by atomic mass is 16.2. The zero-order valence-electron chi connectivity index (χ0n) is 13.1. The molecule has 1 amide bonds. The Morgan fingerprint density at radius 2 is 1.95 bits per heavy atom. The van der Waals surface area contributed by atoms with Crippen LogP contribution in [0.15, 0.2) is 37.0 Å². The van der Waals surface area contributed by atoms with Crippen molar-refractivity contribution in [1.82, 2.24) is 15.1 Å². The molecule has 116 valence electrons. The maximum atomic E-state index is 12.7. The summed E-state index contributed by atoms with van der Waals surface area (Å²) in [6, 6.07) is 0.222. The molecule has 4 heteroatoms. The molecule has 2 heterocycles. The van der Waals surface area contributed by atoms with Gasteiger partial charge in [-0.05, 0) is 38.6 Å². The first-order valence-electron chi connectivity index (χ1n) is 7.82. The summed E-state index contributed by atoms with van der Waals surface area (Å²) in [5.41, 5.74) is 1.13. The standard InChI is InChI=1S/C17H27N3O/c1-4-6-14(5-2)16-13-20(12-11-19(16)3)17(21)15-7-9-18-10-8-15/h4-6,15-16,18H,1-2,7-13H2,3H3/b14-6+. The second-order valence-electron chi connectivity index (χ2n) is 5.91. The lowest BCUT2D eigenvalue weighted by Crippen LogP contribution is -2.55. The number of carbonyl (C=O) groups is 1. The van der Waals surface area contributed by atoms with Gasteiger partial charge in [0.2, 0.25) is 5.91 Å². The first kappa shape index (κ1) is 16.0. The van der Waals surface area contributed by atoms with Crippen molar-refractivity contribution in [2.45, 2.75) is 18.9 Å². The third-order valence-corrected chi connectivity index (χ3v) is 4.58. The van der Waals surface area contributed by atoms with E-state index >= 15 is 0 Å². The van der Waals surface area contributed by atoms with Crippen LogP contribution in [0.5, 0.6) is 0 Å². The van der Waals surface area contributed by atoms with E-state index in [1.54, 1.807) is 6.08 Å². The number of carbonyl (C=O) groups excluding carboxylic acids is 1. The molecular weight excluding hydrogens is 262 g/mol. The number of nitrogens with zero attached hydrogens (tertiary/aromatic N) is 2. The van der Waals surface area contributed by atoms with Gasteiger partial charge < -0.3 is 10.2 Å². The molecule has 0 bridgehead atoms. The molecule has 1 unspecified atom stereocenters. The molecule has 0 aromatic rings. The molecule has 0 aromatic heterocycles. The van der Waals surface area contributed by atoms with Crippen molar-refractivity contribution in [3.8, 4) is 0 Å². The van der Waals surface area contributed by atoms with Crippen LogP contribution in [0.2, 0.25) is 0 Å². The normalized spacial score (nSPS) is 25.7. The summed E-state index contributed by atoms with van der Waals surface area (Å²) in [5.74, 6) is 0.530. The Kier molecular flexibility index (Phi) is 5.76. The molecule has 2 rings (SSSR count). The Balaban J connectivity index is 2.05. The summed E-state index contributed by atoms with van der Waals surface area (Å²) < 4.78 is 0. The van der Waals surface area contributed by atoms with E-state index in [1.807, 2.05) is 17.1 Å². The number of likely N-dealkylation sites (N-methyl/N-ethyl adjacent to an activating group) is 1. The molecule has 1 N–H and O–H groups in total. The fraction of sp³-hybridized carbons (Fsp3) is 0.588. The summed E-state index contributed by atoms with van der Waals surface area (Å²) in [5, 5.41) is 3.32. The molecule has 1 atom stereocenters. The van der Waals surface area contributed by atoms with Crippen LogP contribution in [0.25, 0.3) is 0 Å². The van der Waals surface area contributed by atoms with Gasteiger partial charge in [-0.1, -0.05) is 31.4 Å². The smallest absolute Gasteiger partial charge is 0.225 e. The van der Waals surface area contributed by atoms with Crippen LogP contribution in [0.1, 0.15) is 12.8 Å². The van der Waals surface area contributed by atoms with Gasteiger partial charge in [0, 0.05) is 25.6 Å². The molecule has 2 saturated heterocycles. The van der Waals surface area contributed by atoms with Crippen molar-refractivity contribution in [3.63, 3.8) is 0 Å². The molecule has 2 aliphatic rings. The van der Waals surface area contributed by atoms with Crippen LogP contribution in [0.4, 0.5) is 0 Å². The van der Waals surface area contributed by atoms with Gasteiger partial charge in [-0.3, -0.25) is 9.69 Å². The monoisotopic (exact) mass is 289 g/mol. The minimum Gasteiger partial charge on any atom is -0.339 e. The minimum atomic E-state index is 0.200. The van der Waals surface area contributed by atoms with Gasteiger partial charge in [0.1, 0.15) is 0 Å². The molecule has 21 heavy (non-hydrogen) atoms. The number of piperidine rings is 1. The van der Waals surface area contributed by atoms with Crippen LogP contribution >= 0.6 is 0 Å². The van der Waals surface area contributed by atoms with Crippen LogP contribution < -0.4 is 5.32 Å². The molecule has 2 aliphatic heterocycles. The van der Waals surface area contributed by atoms with E-state index in [0.717, 1.165) is 51.1 Å². The first-order chi connectivity index (χ1) is 10.2. The number of rotatable bonds is 4. The number of nitrogens with one attached hydrogen (secondary N) is 1. The maximum Gasteiger partial charge on any atom is 0.225 e. The van der Waals surface area contributed by atoms with E-state index in [1.165, 1.54) is 0 Å². The summed E-state index contributed by atoms with van der Waals surface area (Å²) in [4.78, 5) is 17.0. The highest BCUT2D eigenvalue weighted by molar-refractivity contribution is 5.79. The van der Waals surface area contributed by atoms with E-state index in [4.69, 9.17) is 0 Å². The highest BCUT2D eigenvalue weighted by Crippen LogP contribution is 2.21. The maximum absolute atomic E-state index is 12.7. The van der Waals surface area contributed by atoms with Crippen LogP contribution in [0, 0.1) is 5.92 Å². The van der Waals surface area contributed by atoms with Crippen molar-refractivity contribution in [2.75, 3.05) is 39.8 Å². The Bertz CT molecular complexity index is 424. The largest absolute Gasteiger partial charge is 0.339 e. The van der Waals surface area contributed by atoms with Crippen LogP contribution in [0.3, 0.4) is 0 Å². The van der Waals surface area contributed by atoms with Gasteiger partial charge >= 0.3 is 0 Å². The molecular formula is C17H27N3O. The summed E-state index contributed by atoms with van der Waals surface area (Å²) in [6.45, 7) is 12.1. The predicted octanol–water partition coefficient (Wildman–Crippen LogP) is 1.43. The molecule has 0 saturated carbocycles. The van der Waals surface area contributed by atoms with E-state index in [2.05, 4.69) is 30.4 Å². The zero-order chi connectivity index (χ0) is 15.2. The van der Waals surface area contributed by atoms with Crippen molar-refractivity contribution < 1.29 is 4.79 Å². The molecule has 4 nitrogen and oxygen atoms in total. The Hall–Kier alpha value is -1.39. The van der Waals surface area contributed by atoms with Crippen molar-refractivity contribution in [1.29, 1.82) is 0 Å². The fourth-order valence-corrected chi connectivity index (χ4v) is 3.21. The molecule has 0 spiro atoms. The fourth-order valence-electron chi connectivity index (χ4n) is 3.21. The van der Waals surface area contributed by atoms with E-state index in [-0.39, 0.29) is 12.0 Å². The van der Waals surface area contributed by atoms with Crippen molar-refractivity contribution in [2.24, 2.45) is 5.92 Å². The average molecular weight is 289 g/mol. The summed E-state index contributed by atoms with van der Waals surface area (Å²) in [6.07, 6.45) is 7.59. The van der Waals surface area contributed by atoms with Gasteiger partial charge in [0.15, 0.2) is 0 Å². The lowest BCUT2D eigenvalue weighted by atomic mass is 9.95. The van der Waals surface area contributed by atoms with Gasteiger partial charge in [-0.25, -0.2) is 0 Å². The Morgan fingerprint density at radius 1 is 1.24 bits per heavy atom. The number of piperazine rings is 1. The van der Waals surface area contributed by atoms with E-state index in [0.29, 0.717) is 5.91 Å². The third kappa shape index (κ3) is 3.83. The number of allylic oxidation sites excluding steroid dienone is 2. The second kappa shape index (κ2) is 7.57.